The topological polar surface area (TPSA) is 151 Å². The number of primary amides is 1. The molecule has 160 valence electrons. The zero-order valence-corrected chi connectivity index (χ0v) is 16.9. The molecule has 0 radical (unpaired) electrons. The van der Waals surface area contributed by atoms with E-state index in [1.165, 1.54) is 10.7 Å². The minimum absolute atomic E-state index is 0.0179. The number of anilines is 1. The maximum atomic E-state index is 12.1. The van der Waals surface area contributed by atoms with E-state index in [0.29, 0.717) is 34.8 Å². The molecule has 0 aliphatic heterocycles. The van der Waals surface area contributed by atoms with Gasteiger partial charge in [-0.15, -0.1) is 0 Å². The van der Waals surface area contributed by atoms with E-state index in [4.69, 9.17) is 10.8 Å². The van der Waals surface area contributed by atoms with E-state index in [0.717, 1.165) is 25.7 Å². The fourth-order valence-electron chi connectivity index (χ4n) is 4.41. The molecule has 0 spiro atoms. The lowest BCUT2D eigenvalue weighted by Crippen LogP contribution is -2.17. The molecule has 1 atom stereocenters. The van der Waals surface area contributed by atoms with Gasteiger partial charge in [0, 0.05) is 17.3 Å². The summed E-state index contributed by atoms with van der Waals surface area (Å²) in [6.07, 6.45) is 9.72. The second kappa shape index (κ2) is 8.47. The highest BCUT2D eigenvalue weighted by Gasteiger charge is 2.28. The number of nitriles is 1. The molecule has 0 saturated heterocycles. The summed E-state index contributed by atoms with van der Waals surface area (Å²) in [6.45, 7) is -0.268. The molecule has 31 heavy (non-hydrogen) atoms. The molecule has 1 amide bonds. The van der Waals surface area contributed by atoms with E-state index in [9.17, 15) is 14.9 Å². The number of carbonyl (C=O) groups is 2. The Morgan fingerprint density at radius 1 is 1.29 bits per heavy atom. The van der Waals surface area contributed by atoms with Gasteiger partial charge in [-0.25, -0.2) is 4.52 Å². The van der Waals surface area contributed by atoms with Gasteiger partial charge >= 0.3 is 5.97 Å². The molecule has 1 saturated carbocycles. The van der Waals surface area contributed by atoms with Crippen LogP contribution in [0.4, 0.5) is 5.82 Å². The van der Waals surface area contributed by atoms with Gasteiger partial charge in [-0.2, -0.15) is 15.5 Å². The summed E-state index contributed by atoms with van der Waals surface area (Å²) >= 11 is 0. The van der Waals surface area contributed by atoms with E-state index in [1.54, 1.807) is 18.3 Å². The number of nitrogens with two attached hydrogens (primary N) is 1. The molecule has 3 aromatic heterocycles. The molecule has 0 aromatic carbocycles. The van der Waals surface area contributed by atoms with Crippen LogP contribution in [0.3, 0.4) is 0 Å². The van der Waals surface area contributed by atoms with E-state index in [-0.39, 0.29) is 18.2 Å². The predicted molar refractivity (Wildman–Crippen MR) is 112 cm³/mol. The molecule has 10 nitrogen and oxygen atoms in total. The summed E-state index contributed by atoms with van der Waals surface area (Å²) in [5.74, 6) is -0.736. The SMILES string of the molecule is N#CCC(C1CCCC1)n1cc(-c2c(C(N)=O)cnn3c(NCC(=O)O)ccc23)cn1. The fourth-order valence-corrected chi connectivity index (χ4v) is 4.41. The Bertz CT molecular complexity index is 1170. The normalized spacial score (nSPS) is 15.1. The van der Waals surface area contributed by atoms with Gasteiger partial charge in [0.1, 0.15) is 12.4 Å². The van der Waals surface area contributed by atoms with Crippen molar-refractivity contribution in [3.63, 3.8) is 0 Å². The van der Waals surface area contributed by atoms with Crippen molar-refractivity contribution in [3.05, 3.63) is 36.3 Å². The standard InChI is InChI=1S/C21H23N7O3/c22-8-7-16(13-3-1-2-4-13)27-12-14(9-25-27)20-15(21(23)31)10-26-28-17(20)5-6-18(28)24-11-19(29)30/h5-6,9-10,12-13,16,24H,1-4,7,11H2,(H2,23,31)(H,29,30). The minimum atomic E-state index is -0.999. The molecule has 0 bridgehead atoms. The van der Waals surface area contributed by atoms with E-state index in [1.807, 2.05) is 10.9 Å². The highest BCUT2D eigenvalue weighted by atomic mass is 16.4. The average Bonchev–Trinajstić information content (AvgIpc) is 3.50. The number of aromatic nitrogens is 4. The lowest BCUT2D eigenvalue weighted by atomic mass is 9.96. The van der Waals surface area contributed by atoms with E-state index in [2.05, 4.69) is 21.6 Å². The van der Waals surface area contributed by atoms with Gasteiger partial charge in [-0.3, -0.25) is 14.3 Å². The van der Waals surface area contributed by atoms with Crippen molar-refractivity contribution in [2.75, 3.05) is 11.9 Å². The number of fused-ring (bicyclic) bond motifs is 1. The van der Waals surface area contributed by atoms with Crippen molar-refractivity contribution in [2.45, 2.75) is 38.1 Å². The van der Waals surface area contributed by atoms with Crippen molar-refractivity contribution >= 4 is 23.2 Å². The van der Waals surface area contributed by atoms with Crippen LogP contribution in [0.25, 0.3) is 16.6 Å². The smallest absolute Gasteiger partial charge is 0.322 e. The first-order valence-corrected chi connectivity index (χ1v) is 10.2. The van der Waals surface area contributed by atoms with Gasteiger partial charge in [0.05, 0.1) is 42.0 Å². The van der Waals surface area contributed by atoms with E-state index < -0.39 is 11.9 Å². The van der Waals surface area contributed by atoms with Crippen molar-refractivity contribution in [3.8, 4) is 17.2 Å². The number of aliphatic carboxylic acids is 1. The predicted octanol–water partition coefficient (Wildman–Crippen LogP) is 2.44. The largest absolute Gasteiger partial charge is 0.480 e. The number of rotatable bonds is 8. The highest BCUT2D eigenvalue weighted by molar-refractivity contribution is 6.03. The van der Waals surface area contributed by atoms with Gasteiger partial charge < -0.3 is 16.2 Å². The van der Waals surface area contributed by atoms with Crippen molar-refractivity contribution in [1.29, 1.82) is 5.26 Å². The Balaban J connectivity index is 1.78. The zero-order valence-electron chi connectivity index (χ0n) is 16.9. The molecular formula is C21H23N7O3. The molecule has 1 fully saturated rings. The molecular weight excluding hydrogens is 398 g/mol. The molecule has 1 aliphatic carbocycles. The number of carboxylic acids is 1. The van der Waals surface area contributed by atoms with Crippen LogP contribution in [-0.4, -0.2) is 42.9 Å². The Kier molecular flexibility index (Phi) is 5.58. The van der Waals surface area contributed by atoms with Crippen LogP contribution in [0.1, 0.15) is 48.5 Å². The number of hydrogen-bond donors (Lipinski definition) is 3. The van der Waals surface area contributed by atoms with Gasteiger partial charge in [0.15, 0.2) is 0 Å². The van der Waals surface area contributed by atoms with Crippen molar-refractivity contribution in [1.82, 2.24) is 19.4 Å². The maximum Gasteiger partial charge on any atom is 0.322 e. The quantitative estimate of drug-likeness (QED) is 0.505. The molecule has 1 aliphatic rings. The number of nitrogens with zero attached hydrogens (tertiary/aromatic N) is 5. The number of nitrogens with one attached hydrogen (secondary N) is 1. The summed E-state index contributed by atoms with van der Waals surface area (Å²) in [6, 6.07) is 5.70. The molecule has 10 heteroatoms. The Labute approximate surface area is 178 Å². The summed E-state index contributed by atoms with van der Waals surface area (Å²) in [5, 5.41) is 29.8. The summed E-state index contributed by atoms with van der Waals surface area (Å²) in [5.41, 5.74) is 7.71. The number of carboxylic acid groups (broad SMARTS) is 1. The van der Waals surface area contributed by atoms with Crippen molar-refractivity contribution < 1.29 is 14.7 Å². The van der Waals surface area contributed by atoms with Crippen LogP contribution < -0.4 is 11.1 Å². The molecule has 3 aromatic rings. The zero-order chi connectivity index (χ0) is 22.0. The Hall–Kier alpha value is -3.87. The van der Waals surface area contributed by atoms with E-state index >= 15 is 0 Å². The molecule has 4 rings (SSSR count). The van der Waals surface area contributed by atoms with Crippen LogP contribution in [0.15, 0.2) is 30.7 Å². The van der Waals surface area contributed by atoms with Crippen LogP contribution in [0.2, 0.25) is 0 Å². The Morgan fingerprint density at radius 2 is 2.06 bits per heavy atom. The van der Waals surface area contributed by atoms with Crippen LogP contribution in [0, 0.1) is 17.2 Å². The summed E-state index contributed by atoms with van der Waals surface area (Å²) in [4.78, 5) is 23.0. The summed E-state index contributed by atoms with van der Waals surface area (Å²) < 4.78 is 3.36. The third-order valence-electron chi connectivity index (χ3n) is 5.84. The average molecular weight is 421 g/mol. The fraction of sp³-hybridized carbons (Fsp3) is 0.381. The number of carbonyl (C=O) groups excluding carboxylic acids is 1. The van der Waals surface area contributed by atoms with Crippen LogP contribution in [0.5, 0.6) is 0 Å². The lowest BCUT2D eigenvalue weighted by Gasteiger charge is -2.21. The first-order valence-electron chi connectivity index (χ1n) is 10.2. The first-order chi connectivity index (χ1) is 15.0. The second-order valence-corrected chi connectivity index (χ2v) is 7.74. The van der Waals surface area contributed by atoms with Gasteiger partial charge in [-0.05, 0) is 30.9 Å². The van der Waals surface area contributed by atoms with Gasteiger partial charge in [0.25, 0.3) is 5.91 Å². The number of hydrogen-bond acceptors (Lipinski definition) is 6. The van der Waals surface area contributed by atoms with Crippen LogP contribution in [-0.2, 0) is 4.79 Å². The maximum absolute atomic E-state index is 12.1. The third kappa shape index (κ3) is 3.94. The second-order valence-electron chi connectivity index (χ2n) is 7.74. The third-order valence-corrected chi connectivity index (χ3v) is 5.84. The molecule has 4 N–H and O–H groups in total. The molecule has 3 heterocycles. The van der Waals surface area contributed by atoms with Gasteiger partial charge in [-0.1, -0.05) is 12.8 Å². The first kappa shape index (κ1) is 20.4. The van der Waals surface area contributed by atoms with Gasteiger partial charge in [0.2, 0.25) is 0 Å². The summed E-state index contributed by atoms with van der Waals surface area (Å²) in [7, 11) is 0. The monoisotopic (exact) mass is 421 g/mol. The van der Waals surface area contributed by atoms with Crippen molar-refractivity contribution in [2.24, 2.45) is 11.7 Å². The molecule has 1 unspecified atom stereocenters. The Morgan fingerprint density at radius 3 is 2.74 bits per heavy atom. The lowest BCUT2D eigenvalue weighted by molar-refractivity contribution is -0.134. The highest BCUT2D eigenvalue weighted by Crippen LogP contribution is 2.37. The van der Waals surface area contributed by atoms with Crippen LogP contribution >= 0.6 is 0 Å². The minimum Gasteiger partial charge on any atom is -0.480 e. The number of amides is 1.